The van der Waals surface area contributed by atoms with Gasteiger partial charge >= 0.3 is 5.97 Å². The Morgan fingerprint density at radius 2 is 1.61 bits per heavy atom. The summed E-state index contributed by atoms with van der Waals surface area (Å²) in [4.78, 5) is 31.9. The molecule has 250 valence electrons. The van der Waals surface area contributed by atoms with Gasteiger partial charge in [-0.1, -0.05) is 84.4 Å². The molecule has 1 aliphatic heterocycles. The van der Waals surface area contributed by atoms with Gasteiger partial charge in [0, 0.05) is 40.8 Å². The number of nitrogens with one attached hydrogen (secondary N) is 3. The van der Waals surface area contributed by atoms with Crippen molar-refractivity contribution in [1.82, 2.24) is 4.90 Å². The molecule has 0 saturated heterocycles. The summed E-state index contributed by atoms with van der Waals surface area (Å²) >= 11 is 8.48. The van der Waals surface area contributed by atoms with E-state index in [-0.39, 0.29) is 12.5 Å². The van der Waals surface area contributed by atoms with Gasteiger partial charge in [-0.2, -0.15) is 0 Å². The Hall–Kier alpha value is -4.48. The third kappa shape index (κ3) is 8.96. The van der Waals surface area contributed by atoms with Crippen LogP contribution in [0.4, 0.5) is 16.4 Å². The first-order valence-electron chi connectivity index (χ1n) is 16.2. The molecule has 1 aromatic heterocycles. The molecule has 3 N–H and O–H groups in total. The van der Waals surface area contributed by atoms with E-state index in [2.05, 4.69) is 45.1 Å². The van der Waals surface area contributed by atoms with Crippen molar-refractivity contribution in [3.8, 4) is 0 Å². The van der Waals surface area contributed by atoms with E-state index in [1.54, 1.807) is 6.92 Å². The fourth-order valence-corrected chi connectivity index (χ4v) is 8.33. The molecule has 0 aliphatic carbocycles. The topological polar surface area (TPSA) is 82.7 Å². The van der Waals surface area contributed by atoms with E-state index in [4.69, 9.17) is 17.0 Å². The summed E-state index contributed by atoms with van der Waals surface area (Å²) in [6, 6.07) is 35.9. The molecule has 4 aromatic carbocycles. The van der Waals surface area contributed by atoms with Crippen LogP contribution < -0.4 is 16.0 Å². The zero-order chi connectivity index (χ0) is 34.2. The van der Waals surface area contributed by atoms with Gasteiger partial charge in [-0.3, -0.25) is 9.69 Å². The SMILES string of the molecule is CCOC(=O)c1c(NC(=O)C(Sc2cccc(NC(=S)Nc3ccc(C)cc3)c2)c2ccccc2)sc2c1CCN(Cc1ccccc1)C2. The Kier molecular flexibility index (Phi) is 11.4. The number of thiophene rings is 1. The Morgan fingerprint density at radius 3 is 2.35 bits per heavy atom. The smallest absolute Gasteiger partial charge is 0.341 e. The maximum Gasteiger partial charge on any atom is 0.341 e. The van der Waals surface area contributed by atoms with Crippen LogP contribution in [0.3, 0.4) is 0 Å². The first-order chi connectivity index (χ1) is 23.9. The van der Waals surface area contributed by atoms with Crippen LogP contribution in [0, 0.1) is 6.92 Å². The molecule has 1 unspecified atom stereocenters. The van der Waals surface area contributed by atoms with Crippen LogP contribution in [0.2, 0.25) is 0 Å². The predicted molar refractivity (Wildman–Crippen MR) is 206 cm³/mol. The summed E-state index contributed by atoms with van der Waals surface area (Å²) in [5, 5.41) is 10.1. The number of ether oxygens (including phenoxy) is 1. The number of hydrogen-bond donors (Lipinski definition) is 3. The number of hydrogen-bond acceptors (Lipinski definition) is 7. The van der Waals surface area contributed by atoms with Crippen molar-refractivity contribution in [3.05, 3.63) is 142 Å². The maximum absolute atomic E-state index is 14.2. The number of thiocarbonyl (C=S) groups is 1. The molecule has 10 heteroatoms. The number of anilines is 3. The lowest BCUT2D eigenvalue weighted by atomic mass is 10.0. The zero-order valence-corrected chi connectivity index (χ0v) is 29.9. The fraction of sp³-hybridized carbons (Fsp3) is 0.205. The number of carbonyl (C=O) groups is 2. The second kappa shape index (κ2) is 16.3. The van der Waals surface area contributed by atoms with Crippen molar-refractivity contribution in [3.63, 3.8) is 0 Å². The highest BCUT2D eigenvalue weighted by molar-refractivity contribution is 8.00. The van der Waals surface area contributed by atoms with Gasteiger partial charge in [0.15, 0.2) is 5.11 Å². The number of carbonyl (C=O) groups excluding carboxylic acids is 2. The molecule has 2 heterocycles. The third-order valence-corrected chi connectivity index (χ3v) is 10.7. The standard InChI is InChI=1S/C39H38N4O3S3/c1-3-46-38(45)34-32-21-22-43(24-27-11-6-4-7-12-27)25-33(32)49-37(34)42-36(44)35(28-13-8-5-9-14-28)48-31-16-10-15-30(23-31)41-39(47)40-29-19-17-26(2)18-20-29/h4-20,23,35H,3,21-22,24-25H2,1-2H3,(H,42,44)(H2,40,41,47). The number of amides is 1. The van der Waals surface area contributed by atoms with Crippen LogP contribution in [0.1, 0.15) is 49.7 Å². The van der Waals surface area contributed by atoms with Gasteiger partial charge in [-0.05, 0) is 79.5 Å². The lowest BCUT2D eigenvalue weighted by Crippen LogP contribution is -2.30. The van der Waals surface area contributed by atoms with E-state index in [1.807, 2.05) is 91.9 Å². The minimum absolute atomic E-state index is 0.212. The molecule has 49 heavy (non-hydrogen) atoms. The lowest BCUT2D eigenvalue weighted by molar-refractivity contribution is -0.115. The summed E-state index contributed by atoms with van der Waals surface area (Å²) < 4.78 is 5.50. The minimum Gasteiger partial charge on any atom is -0.462 e. The number of benzene rings is 4. The number of rotatable bonds is 11. The van der Waals surface area contributed by atoms with E-state index in [0.717, 1.165) is 45.4 Å². The molecule has 1 aliphatic rings. The summed E-state index contributed by atoms with van der Waals surface area (Å²) in [6.45, 7) is 6.44. The largest absolute Gasteiger partial charge is 0.462 e. The van der Waals surface area contributed by atoms with E-state index >= 15 is 0 Å². The Labute approximate surface area is 301 Å². The Bertz CT molecular complexity index is 1910. The first kappa shape index (κ1) is 34.4. The normalized spacial score (nSPS) is 13.2. The van der Waals surface area contributed by atoms with Gasteiger partial charge in [0.1, 0.15) is 10.3 Å². The van der Waals surface area contributed by atoms with Crippen LogP contribution in [0.15, 0.2) is 114 Å². The minimum atomic E-state index is -0.585. The highest BCUT2D eigenvalue weighted by Crippen LogP contribution is 2.41. The second-order valence-corrected chi connectivity index (χ2v) is 14.4. The van der Waals surface area contributed by atoms with Crippen molar-refractivity contribution < 1.29 is 14.3 Å². The predicted octanol–water partition coefficient (Wildman–Crippen LogP) is 9.07. The molecule has 0 bridgehead atoms. The summed E-state index contributed by atoms with van der Waals surface area (Å²) in [7, 11) is 0. The highest BCUT2D eigenvalue weighted by Gasteiger charge is 2.31. The number of fused-ring (bicyclic) bond motifs is 1. The quantitative estimate of drug-likeness (QED) is 0.0713. The summed E-state index contributed by atoms with van der Waals surface area (Å²) in [6.07, 6.45) is 0.708. The van der Waals surface area contributed by atoms with Crippen LogP contribution in [0.5, 0.6) is 0 Å². The molecule has 7 nitrogen and oxygen atoms in total. The van der Waals surface area contributed by atoms with E-state index in [0.29, 0.717) is 28.6 Å². The summed E-state index contributed by atoms with van der Waals surface area (Å²) in [5.74, 6) is -0.610. The fourth-order valence-electron chi connectivity index (χ4n) is 5.73. The van der Waals surface area contributed by atoms with Crippen LogP contribution >= 0.6 is 35.3 Å². The number of nitrogens with zero attached hydrogens (tertiary/aromatic N) is 1. The molecular weight excluding hydrogens is 669 g/mol. The molecule has 1 amide bonds. The van der Waals surface area contributed by atoms with Crippen LogP contribution in [0.25, 0.3) is 0 Å². The molecule has 0 spiro atoms. The number of thioether (sulfide) groups is 1. The van der Waals surface area contributed by atoms with Gasteiger partial charge in [-0.25, -0.2) is 4.79 Å². The van der Waals surface area contributed by atoms with Gasteiger partial charge in [0.25, 0.3) is 0 Å². The van der Waals surface area contributed by atoms with E-state index in [1.165, 1.54) is 34.2 Å². The van der Waals surface area contributed by atoms with Crippen LogP contribution in [-0.4, -0.2) is 35.0 Å². The van der Waals surface area contributed by atoms with E-state index < -0.39 is 11.2 Å². The Balaban J connectivity index is 1.22. The highest BCUT2D eigenvalue weighted by atomic mass is 32.2. The lowest BCUT2D eigenvalue weighted by Gasteiger charge is -2.27. The molecule has 5 aromatic rings. The molecular formula is C39H38N4O3S3. The summed E-state index contributed by atoms with van der Waals surface area (Å²) in [5.41, 5.74) is 6.43. The zero-order valence-electron chi connectivity index (χ0n) is 27.4. The second-order valence-electron chi connectivity index (χ2n) is 11.7. The Morgan fingerprint density at radius 1 is 0.898 bits per heavy atom. The molecule has 0 fully saturated rings. The third-order valence-electron chi connectivity index (χ3n) is 8.10. The monoisotopic (exact) mass is 706 g/mol. The van der Waals surface area contributed by atoms with Gasteiger partial charge in [-0.15, -0.1) is 23.1 Å². The van der Waals surface area contributed by atoms with Gasteiger partial charge in [0.05, 0.1) is 12.2 Å². The average Bonchev–Trinajstić information content (AvgIpc) is 3.46. The van der Waals surface area contributed by atoms with Crippen molar-refractivity contribution in [2.75, 3.05) is 29.1 Å². The van der Waals surface area contributed by atoms with Crippen LogP contribution in [-0.2, 0) is 29.0 Å². The van der Waals surface area contributed by atoms with E-state index in [9.17, 15) is 9.59 Å². The molecule has 6 rings (SSSR count). The van der Waals surface area contributed by atoms with Crippen molar-refractivity contribution in [2.45, 2.75) is 43.5 Å². The average molecular weight is 707 g/mol. The number of aryl methyl sites for hydroxylation is 1. The number of esters is 1. The van der Waals surface area contributed by atoms with Gasteiger partial charge < -0.3 is 20.7 Å². The van der Waals surface area contributed by atoms with Crippen molar-refractivity contribution in [2.24, 2.45) is 0 Å². The molecule has 0 radical (unpaired) electrons. The van der Waals surface area contributed by atoms with Crippen molar-refractivity contribution >= 4 is 68.7 Å². The van der Waals surface area contributed by atoms with Gasteiger partial charge in [0.2, 0.25) is 5.91 Å². The van der Waals surface area contributed by atoms with Crippen molar-refractivity contribution in [1.29, 1.82) is 0 Å². The maximum atomic E-state index is 14.2. The molecule has 1 atom stereocenters. The molecule has 0 saturated carbocycles. The first-order valence-corrected chi connectivity index (χ1v) is 18.3.